The minimum atomic E-state index is 0.0714. The van der Waals surface area contributed by atoms with Gasteiger partial charge in [-0.2, -0.15) is 0 Å². The van der Waals surface area contributed by atoms with Crippen molar-refractivity contribution in [2.45, 2.75) is 40.5 Å². The zero-order valence-electron chi connectivity index (χ0n) is 13.7. The number of anilines is 1. The van der Waals surface area contributed by atoms with E-state index in [0.29, 0.717) is 16.5 Å². The number of aromatic nitrogens is 1. The molecule has 2 N–H and O–H groups in total. The van der Waals surface area contributed by atoms with Crippen LogP contribution in [0.25, 0.3) is 10.2 Å². The lowest BCUT2D eigenvalue weighted by Gasteiger charge is -2.30. The number of carbonyl (C=O) groups is 1. The molecule has 0 saturated carbocycles. The smallest absolute Gasteiger partial charge is 0.266 e. The Labute approximate surface area is 135 Å². The highest BCUT2D eigenvalue weighted by molar-refractivity contribution is 7.21. The van der Waals surface area contributed by atoms with Gasteiger partial charge in [-0.15, -0.1) is 11.3 Å². The molecular formula is C17H23N3OS. The zero-order valence-corrected chi connectivity index (χ0v) is 14.5. The van der Waals surface area contributed by atoms with Crippen molar-refractivity contribution >= 4 is 33.1 Å². The number of nitrogens with zero attached hydrogens (tertiary/aromatic N) is 2. The molecule has 5 heteroatoms. The van der Waals surface area contributed by atoms with E-state index in [1.807, 2.05) is 11.8 Å². The van der Waals surface area contributed by atoms with E-state index in [4.69, 9.17) is 5.73 Å². The number of rotatable bonds is 1. The quantitative estimate of drug-likeness (QED) is 0.873. The highest BCUT2D eigenvalue weighted by atomic mass is 32.1. The lowest BCUT2D eigenvalue weighted by Crippen LogP contribution is -2.37. The first-order valence-electron chi connectivity index (χ1n) is 7.85. The van der Waals surface area contributed by atoms with Crippen molar-refractivity contribution in [3.05, 3.63) is 21.7 Å². The molecule has 1 amide bonds. The second-order valence-corrected chi connectivity index (χ2v) is 7.45. The Hall–Kier alpha value is -1.62. The van der Waals surface area contributed by atoms with Gasteiger partial charge < -0.3 is 10.6 Å². The maximum Gasteiger partial charge on any atom is 0.266 e. The number of aryl methyl sites for hydroxylation is 2. The van der Waals surface area contributed by atoms with Gasteiger partial charge >= 0.3 is 0 Å². The third kappa shape index (κ3) is 2.37. The Morgan fingerprint density at radius 2 is 1.86 bits per heavy atom. The predicted octanol–water partition coefficient (Wildman–Crippen LogP) is 3.68. The van der Waals surface area contributed by atoms with Crippen LogP contribution in [0, 0.1) is 26.7 Å². The summed E-state index contributed by atoms with van der Waals surface area (Å²) in [6, 6.07) is 0. The lowest BCUT2D eigenvalue weighted by molar-refractivity contribution is 0.0703. The van der Waals surface area contributed by atoms with Gasteiger partial charge in [-0.3, -0.25) is 4.79 Å². The molecule has 118 valence electrons. The van der Waals surface area contributed by atoms with E-state index in [2.05, 4.69) is 25.8 Å². The molecule has 1 saturated heterocycles. The molecule has 4 nitrogen and oxygen atoms in total. The topological polar surface area (TPSA) is 59.2 Å². The van der Waals surface area contributed by atoms with E-state index >= 15 is 0 Å². The highest BCUT2D eigenvalue weighted by Gasteiger charge is 2.26. The number of amides is 1. The van der Waals surface area contributed by atoms with Gasteiger partial charge in [0.1, 0.15) is 9.71 Å². The van der Waals surface area contributed by atoms with Crippen molar-refractivity contribution in [2.24, 2.45) is 5.92 Å². The molecule has 0 bridgehead atoms. The number of likely N-dealkylation sites (tertiary alicyclic amines) is 1. The van der Waals surface area contributed by atoms with Crippen molar-refractivity contribution in [1.82, 2.24) is 9.88 Å². The van der Waals surface area contributed by atoms with Crippen molar-refractivity contribution in [1.29, 1.82) is 0 Å². The van der Waals surface area contributed by atoms with Crippen LogP contribution in [0.4, 0.5) is 5.69 Å². The Balaban J connectivity index is 2.03. The number of nitrogens with two attached hydrogens (primary N) is 1. The normalized spacial score (nSPS) is 16.5. The number of pyridine rings is 1. The van der Waals surface area contributed by atoms with Crippen molar-refractivity contribution in [3.63, 3.8) is 0 Å². The summed E-state index contributed by atoms with van der Waals surface area (Å²) in [5.41, 5.74) is 10.2. The van der Waals surface area contributed by atoms with Crippen LogP contribution in [-0.2, 0) is 0 Å². The molecule has 0 spiro atoms. The maximum absolute atomic E-state index is 12.8. The van der Waals surface area contributed by atoms with Crippen molar-refractivity contribution in [2.75, 3.05) is 18.8 Å². The molecule has 0 atom stereocenters. The predicted molar refractivity (Wildman–Crippen MR) is 92.5 cm³/mol. The third-order valence-corrected chi connectivity index (χ3v) is 6.03. The van der Waals surface area contributed by atoms with Gasteiger partial charge in [0.2, 0.25) is 0 Å². The summed E-state index contributed by atoms with van der Waals surface area (Å²) in [6.45, 7) is 10.0. The molecular weight excluding hydrogens is 294 g/mol. The fourth-order valence-corrected chi connectivity index (χ4v) is 4.25. The fraction of sp³-hybridized carbons (Fsp3) is 0.529. The van der Waals surface area contributed by atoms with Crippen LogP contribution in [-0.4, -0.2) is 28.9 Å². The summed E-state index contributed by atoms with van der Waals surface area (Å²) < 4.78 is 0. The highest BCUT2D eigenvalue weighted by Crippen LogP contribution is 2.37. The zero-order chi connectivity index (χ0) is 16.0. The summed E-state index contributed by atoms with van der Waals surface area (Å²) in [5, 5.41) is 0.960. The first kappa shape index (κ1) is 15.3. The van der Waals surface area contributed by atoms with Crippen molar-refractivity contribution < 1.29 is 4.79 Å². The molecule has 2 aromatic rings. The van der Waals surface area contributed by atoms with Gasteiger partial charge in [-0.05, 0) is 50.7 Å². The second-order valence-electron chi connectivity index (χ2n) is 6.45. The molecule has 0 aromatic carbocycles. The molecule has 3 heterocycles. The van der Waals surface area contributed by atoms with Crippen LogP contribution in [0.2, 0.25) is 0 Å². The molecule has 2 aromatic heterocycles. The summed E-state index contributed by atoms with van der Waals surface area (Å²) in [7, 11) is 0. The molecule has 0 radical (unpaired) electrons. The van der Waals surface area contributed by atoms with Crippen LogP contribution in [0.1, 0.15) is 46.3 Å². The van der Waals surface area contributed by atoms with E-state index in [-0.39, 0.29) is 5.91 Å². The minimum Gasteiger partial charge on any atom is -0.397 e. The lowest BCUT2D eigenvalue weighted by atomic mass is 9.99. The van der Waals surface area contributed by atoms with Crippen LogP contribution in [0.5, 0.6) is 0 Å². The standard InChI is InChI=1S/C17H23N3OS/c1-9-5-7-20(8-6-9)17(21)15-14(18)13-11(3)10(2)12(4)19-16(13)22-15/h9H,5-8,18H2,1-4H3. The minimum absolute atomic E-state index is 0.0714. The van der Waals surface area contributed by atoms with E-state index in [1.54, 1.807) is 0 Å². The largest absolute Gasteiger partial charge is 0.397 e. The van der Waals surface area contributed by atoms with Gasteiger partial charge in [0, 0.05) is 24.2 Å². The third-order valence-electron chi connectivity index (χ3n) is 4.94. The summed E-state index contributed by atoms with van der Waals surface area (Å²) in [4.78, 5) is 20.9. The van der Waals surface area contributed by atoms with Gasteiger partial charge in [0.15, 0.2) is 0 Å². The summed E-state index contributed by atoms with van der Waals surface area (Å²) >= 11 is 1.44. The monoisotopic (exact) mass is 317 g/mol. The number of hydrogen-bond donors (Lipinski definition) is 1. The Morgan fingerprint density at radius 3 is 2.50 bits per heavy atom. The average molecular weight is 317 g/mol. The van der Waals surface area contributed by atoms with Gasteiger partial charge in [0.05, 0.1) is 5.69 Å². The molecule has 0 unspecified atom stereocenters. The van der Waals surface area contributed by atoms with Crippen molar-refractivity contribution in [3.8, 4) is 0 Å². The van der Waals surface area contributed by atoms with Gasteiger partial charge in [-0.25, -0.2) is 4.98 Å². The molecule has 1 aliphatic rings. The summed E-state index contributed by atoms with van der Waals surface area (Å²) in [5.74, 6) is 0.778. The number of fused-ring (bicyclic) bond motifs is 1. The Bertz CT molecular complexity index is 742. The molecule has 3 rings (SSSR count). The SMILES string of the molecule is Cc1nc2sc(C(=O)N3CCC(C)CC3)c(N)c2c(C)c1C. The number of carbonyl (C=O) groups excluding carboxylic acids is 1. The Kier molecular flexibility index (Phi) is 3.85. The van der Waals surface area contributed by atoms with Crippen LogP contribution < -0.4 is 5.73 Å². The van der Waals surface area contributed by atoms with E-state index in [1.165, 1.54) is 11.3 Å². The first-order chi connectivity index (χ1) is 10.4. The average Bonchev–Trinajstić information content (AvgIpc) is 2.82. The summed E-state index contributed by atoms with van der Waals surface area (Å²) in [6.07, 6.45) is 2.15. The molecule has 0 aliphatic carbocycles. The molecule has 1 fully saturated rings. The van der Waals surface area contributed by atoms with Gasteiger partial charge in [0.25, 0.3) is 5.91 Å². The fourth-order valence-electron chi connectivity index (χ4n) is 3.08. The maximum atomic E-state index is 12.8. The second kappa shape index (κ2) is 5.54. The number of nitrogen functional groups attached to an aromatic ring is 1. The molecule has 1 aliphatic heterocycles. The van der Waals surface area contributed by atoms with E-state index in [9.17, 15) is 4.79 Å². The number of thiophene rings is 1. The van der Waals surface area contributed by atoms with Gasteiger partial charge in [-0.1, -0.05) is 6.92 Å². The van der Waals surface area contributed by atoms with Crippen LogP contribution in [0.15, 0.2) is 0 Å². The number of piperidine rings is 1. The number of hydrogen-bond acceptors (Lipinski definition) is 4. The Morgan fingerprint density at radius 1 is 1.23 bits per heavy atom. The van der Waals surface area contributed by atoms with E-state index in [0.717, 1.165) is 53.0 Å². The van der Waals surface area contributed by atoms with E-state index < -0.39 is 0 Å². The van der Waals surface area contributed by atoms with Crippen LogP contribution in [0.3, 0.4) is 0 Å². The van der Waals surface area contributed by atoms with Crippen LogP contribution >= 0.6 is 11.3 Å². The first-order valence-corrected chi connectivity index (χ1v) is 8.66. The molecule has 22 heavy (non-hydrogen) atoms.